The van der Waals surface area contributed by atoms with Crippen LogP contribution in [-0.2, 0) is 19.6 Å². The standard InChI is InChI=1S/C15H21N3O4S/c1-2-16-14(19)15(20)17-11-12-7-6-10-18(12)23(21,22)13-8-4-3-5-9-13/h3-5,8-9,12H,2,6-7,10-11H2,1H3,(H,16,19)(H,17,20)/t12-/m1/s1. The zero-order valence-electron chi connectivity index (χ0n) is 13.0. The summed E-state index contributed by atoms with van der Waals surface area (Å²) >= 11 is 0. The summed E-state index contributed by atoms with van der Waals surface area (Å²) in [5.74, 6) is -1.45. The summed E-state index contributed by atoms with van der Waals surface area (Å²) in [6.45, 7) is 2.63. The monoisotopic (exact) mass is 339 g/mol. The number of hydrogen-bond donors (Lipinski definition) is 2. The highest BCUT2D eigenvalue weighted by molar-refractivity contribution is 7.89. The van der Waals surface area contributed by atoms with E-state index in [1.54, 1.807) is 37.3 Å². The number of carbonyl (C=O) groups excluding carboxylic acids is 2. The third-order valence-electron chi connectivity index (χ3n) is 3.71. The zero-order chi connectivity index (χ0) is 16.9. The largest absolute Gasteiger partial charge is 0.348 e. The second-order valence-electron chi connectivity index (χ2n) is 5.29. The van der Waals surface area contributed by atoms with Gasteiger partial charge in [-0.3, -0.25) is 9.59 Å². The lowest BCUT2D eigenvalue weighted by Gasteiger charge is -2.24. The SMILES string of the molecule is CCNC(=O)C(=O)NC[C@H]1CCCN1S(=O)(=O)c1ccccc1. The van der Waals surface area contributed by atoms with Gasteiger partial charge in [-0.05, 0) is 31.9 Å². The van der Waals surface area contributed by atoms with E-state index in [1.807, 2.05) is 0 Å². The number of nitrogens with one attached hydrogen (secondary N) is 2. The summed E-state index contributed by atoms with van der Waals surface area (Å²) in [6.07, 6.45) is 1.38. The number of sulfonamides is 1. The fourth-order valence-electron chi connectivity index (χ4n) is 2.59. The van der Waals surface area contributed by atoms with Gasteiger partial charge in [-0.25, -0.2) is 8.42 Å². The van der Waals surface area contributed by atoms with Crippen molar-refractivity contribution in [1.29, 1.82) is 0 Å². The normalized spacial score (nSPS) is 18.6. The number of nitrogens with zero attached hydrogens (tertiary/aromatic N) is 1. The Bertz CT molecular complexity index is 661. The zero-order valence-corrected chi connectivity index (χ0v) is 13.8. The molecule has 1 fully saturated rings. The Morgan fingerprint density at radius 2 is 1.83 bits per heavy atom. The Balaban J connectivity index is 2.03. The molecule has 2 amide bonds. The summed E-state index contributed by atoms with van der Waals surface area (Å²) in [5, 5.41) is 4.91. The lowest BCUT2D eigenvalue weighted by molar-refractivity contribution is -0.139. The minimum atomic E-state index is -3.58. The maximum atomic E-state index is 12.7. The molecular weight excluding hydrogens is 318 g/mol. The molecule has 126 valence electrons. The molecule has 23 heavy (non-hydrogen) atoms. The van der Waals surface area contributed by atoms with E-state index in [1.165, 1.54) is 4.31 Å². The molecule has 0 aromatic heterocycles. The van der Waals surface area contributed by atoms with Crippen LogP contribution in [-0.4, -0.2) is 50.2 Å². The second kappa shape index (κ2) is 7.56. The number of carbonyl (C=O) groups is 2. The molecule has 2 rings (SSSR count). The van der Waals surface area contributed by atoms with Crippen LogP contribution in [0.3, 0.4) is 0 Å². The number of hydrogen-bond acceptors (Lipinski definition) is 4. The van der Waals surface area contributed by atoms with Crippen molar-refractivity contribution in [2.75, 3.05) is 19.6 Å². The van der Waals surface area contributed by atoms with Gasteiger partial charge in [0.1, 0.15) is 0 Å². The molecule has 1 aliphatic heterocycles. The van der Waals surface area contributed by atoms with Crippen LogP contribution in [0.25, 0.3) is 0 Å². The van der Waals surface area contributed by atoms with E-state index in [4.69, 9.17) is 0 Å². The van der Waals surface area contributed by atoms with E-state index >= 15 is 0 Å². The van der Waals surface area contributed by atoms with Crippen molar-refractivity contribution in [1.82, 2.24) is 14.9 Å². The number of likely N-dealkylation sites (N-methyl/N-ethyl adjacent to an activating group) is 1. The predicted octanol–water partition coefficient (Wildman–Crippen LogP) is 0.0920. The smallest absolute Gasteiger partial charge is 0.309 e. The minimum Gasteiger partial charge on any atom is -0.348 e. The Kier molecular flexibility index (Phi) is 5.73. The fourth-order valence-corrected chi connectivity index (χ4v) is 4.30. The molecule has 2 N–H and O–H groups in total. The van der Waals surface area contributed by atoms with Crippen molar-refractivity contribution in [2.24, 2.45) is 0 Å². The quantitative estimate of drug-likeness (QED) is 0.743. The van der Waals surface area contributed by atoms with Gasteiger partial charge in [-0.15, -0.1) is 0 Å². The molecule has 7 nitrogen and oxygen atoms in total. The van der Waals surface area contributed by atoms with Crippen LogP contribution in [0.15, 0.2) is 35.2 Å². The highest BCUT2D eigenvalue weighted by atomic mass is 32.2. The van der Waals surface area contributed by atoms with E-state index in [0.29, 0.717) is 19.5 Å². The molecule has 1 atom stereocenters. The summed E-state index contributed by atoms with van der Waals surface area (Å²) in [5.41, 5.74) is 0. The van der Waals surface area contributed by atoms with Gasteiger partial charge in [0.2, 0.25) is 10.0 Å². The van der Waals surface area contributed by atoms with E-state index in [2.05, 4.69) is 10.6 Å². The average molecular weight is 339 g/mol. The van der Waals surface area contributed by atoms with Crippen molar-refractivity contribution >= 4 is 21.8 Å². The molecule has 1 saturated heterocycles. The Morgan fingerprint density at radius 1 is 1.17 bits per heavy atom. The molecular formula is C15H21N3O4S. The fraction of sp³-hybridized carbons (Fsp3) is 0.467. The summed E-state index contributed by atoms with van der Waals surface area (Å²) in [6, 6.07) is 7.88. The third-order valence-corrected chi connectivity index (χ3v) is 5.68. The third kappa shape index (κ3) is 4.08. The molecule has 1 aromatic carbocycles. The van der Waals surface area contributed by atoms with Crippen LogP contribution in [0, 0.1) is 0 Å². The lowest BCUT2D eigenvalue weighted by Crippen LogP contribution is -2.46. The summed E-state index contributed by atoms with van der Waals surface area (Å²) in [7, 11) is -3.58. The Morgan fingerprint density at radius 3 is 2.48 bits per heavy atom. The molecule has 1 aromatic rings. The van der Waals surface area contributed by atoms with Gasteiger partial charge in [-0.2, -0.15) is 4.31 Å². The van der Waals surface area contributed by atoms with Gasteiger partial charge in [0.25, 0.3) is 0 Å². The van der Waals surface area contributed by atoms with Gasteiger partial charge >= 0.3 is 11.8 Å². The predicted molar refractivity (Wildman–Crippen MR) is 85.0 cm³/mol. The van der Waals surface area contributed by atoms with Crippen LogP contribution >= 0.6 is 0 Å². The van der Waals surface area contributed by atoms with Gasteiger partial charge in [0, 0.05) is 25.7 Å². The Labute approximate surface area is 136 Å². The first-order valence-electron chi connectivity index (χ1n) is 7.59. The first-order valence-corrected chi connectivity index (χ1v) is 9.03. The summed E-state index contributed by atoms with van der Waals surface area (Å²) < 4.78 is 26.7. The lowest BCUT2D eigenvalue weighted by atomic mass is 10.2. The molecule has 8 heteroatoms. The van der Waals surface area contributed by atoms with Crippen molar-refractivity contribution in [3.63, 3.8) is 0 Å². The van der Waals surface area contributed by atoms with Crippen molar-refractivity contribution < 1.29 is 18.0 Å². The first kappa shape index (κ1) is 17.4. The molecule has 0 bridgehead atoms. The van der Waals surface area contributed by atoms with Crippen molar-refractivity contribution in [3.8, 4) is 0 Å². The van der Waals surface area contributed by atoms with Gasteiger partial charge in [0.15, 0.2) is 0 Å². The number of benzene rings is 1. The summed E-state index contributed by atoms with van der Waals surface area (Å²) in [4.78, 5) is 23.3. The average Bonchev–Trinajstić information content (AvgIpc) is 3.03. The van der Waals surface area contributed by atoms with E-state index in [-0.39, 0.29) is 17.5 Å². The van der Waals surface area contributed by atoms with E-state index in [9.17, 15) is 18.0 Å². The van der Waals surface area contributed by atoms with Crippen LogP contribution in [0.2, 0.25) is 0 Å². The molecule has 0 saturated carbocycles. The van der Waals surface area contributed by atoms with E-state index in [0.717, 1.165) is 6.42 Å². The van der Waals surface area contributed by atoms with Crippen LogP contribution in [0.5, 0.6) is 0 Å². The number of amides is 2. The topological polar surface area (TPSA) is 95.6 Å². The van der Waals surface area contributed by atoms with Crippen molar-refractivity contribution in [2.45, 2.75) is 30.7 Å². The molecule has 1 aliphatic rings. The molecule has 0 spiro atoms. The Hall–Kier alpha value is -1.93. The van der Waals surface area contributed by atoms with Crippen molar-refractivity contribution in [3.05, 3.63) is 30.3 Å². The minimum absolute atomic E-state index is 0.127. The molecule has 1 heterocycles. The van der Waals surface area contributed by atoms with E-state index < -0.39 is 21.8 Å². The van der Waals surface area contributed by atoms with Crippen LogP contribution < -0.4 is 10.6 Å². The molecule has 0 aliphatic carbocycles. The molecule has 0 unspecified atom stereocenters. The number of rotatable bonds is 5. The van der Waals surface area contributed by atoms with Gasteiger partial charge in [-0.1, -0.05) is 18.2 Å². The van der Waals surface area contributed by atoms with Gasteiger partial charge in [0.05, 0.1) is 4.90 Å². The van der Waals surface area contributed by atoms with Crippen LogP contribution in [0.4, 0.5) is 0 Å². The highest BCUT2D eigenvalue weighted by Crippen LogP contribution is 2.25. The first-order chi connectivity index (χ1) is 11.0. The maximum Gasteiger partial charge on any atom is 0.309 e. The van der Waals surface area contributed by atoms with Crippen LogP contribution in [0.1, 0.15) is 19.8 Å². The van der Waals surface area contributed by atoms with Gasteiger partial charge < -0.3 is 10.6 Å². The second-order valence-corrected chi connectivity index (χ2v) is 7.18. The highest BCUT2D eigenvalue weighted by Gasteiger charge is 2.35. The molecule has 0 radical (unpaired) electrons. The maximum absolute atomic E-state index is 12.7.